The molecule has 1 fully saturated rings. The van der Waals surface area contributed by atoms with E-state index in [1.165, 1.54) is 16.7 Å². The van der Waals surface area contributed by atoms with Gasteiger partial charge in [0.1, 0.15) is 10.9 Å². The van der Waals surface area contributed by atoms with Crippen molar-refractivity contribution in [1.29, 1.82) is 0 Å². The van der Waals surface area contributed by atoms with Crippen molar-refractivity contribution < 1.29 is 9.59 Å². The quantitative estimate of drug-likeness (QED) is 0.855. The molecule has 0 radical (unpaired) electrons. The third kappa shape index (κ3) is 3.49. The second-order valence-corrected chi connectivity index (χ2v) is 6.13. The number of nitrogens with zero attached hydrogens (tertiary/aromatic N) is 2. The average Bonchev–Trinajstić information content (AvgIpc) is 2.71. The summed E-state index contributed by atoms with van der Waals surface area (Å²) in [6, 6.07) is 7.48. The van der Waals surface area contributed by atoms with E-state index in [4.69, 9.17) is 12.2 Å². The van der Waals surface area contributed by atoms with Crippen molar-refractivity contribution in [3.63, 3.8) is 0 Å². The highest BCUT2D eigenvalue weighted by molar-refractivity contribution is 8.23. The minimum absolute atomic E-state index is 0.0277. The summed E-state index contributed by atoms with van der Waals surface area (Å²) < 4.78 is 0.466. The molecule has 0 aromatic heterocycles. The normalized spacial score (nSPS) is 14.6. The smallest absolute Gasteiger partial charge is 0.244 e. The largest absolute Gasteiger partial charge is 0.378 e. The number of thiocarbonyl (C=S) groups is 1. The summed E-state index contributed by atoms with van der Waals surface area (Å²) in [7, 11) is 3.90. The van der Waals surface area contributed by atoms with E-state index in [0.29, 0.717) is 15.8 Å². The second-order valence-electron chi connectivity index (χ2n) is 4.52. The molecule has 0 bridgehead atoms. The lowest BCUT2D eigenvalue weighted by atomic mass is 10.2. The molecule has 0 spiro atoms. The van der Waals surface area contributed by atoms with Crippen LogP contribution in [0.2, 0.25) is 0 Å². The summed E-state index contributed by atoms with van der Waals surface area (Å²) in [4.78, 5) is 26.7. The summed E-state index contributed by atoms with van der Waals surface area (Å²) >= 11 is 6.32. The van der Waals surface area contributed by atoms with Crippen LogP contribution in [-0.4, -0.2) is 47.4 Å². The topological polar surface area (TPSA) is 52.7 Å². The van der Waals surface area contributed by atoms with Crippen LogP contribution in [-0.2, 0) is 9.59 Å². The molecule has 0 atom stereocenters. The number of carbonyl (C=O) groups is 2. The number of carbonyl (C=O) groups excluding carboxylic acids is 2. The maximum Gasteiger partial charge on any atom is 0.244 e. The Morgan fingerprint density at radius 2 is 2.05 bits per heavy atom. The molecule has 7 heteroatoms. The summed E-state index contributed by atoms with van der Waals surface area (Å²) in [5, 5.41) is 2.76. The van der Waals surface area contributed by atoms with Crippen molar-refractivity contribution >= 4 is 51.5 Å². The van der Waals surface area contributed by atoms with Crippen LogP contribution < -0.4 is 10.2 Å². The first kappa shape index (κ1) is 14.8. The Labute approximate surface area is 127 Å². The highest BCUT2D eigenvalue weighted by Gasteiger charge is 2.28. The molecule has 106 valence electrons. The van der Waals surface area contributed by atoms with E-state index >= 15 is 0 Å². The van der Waals surface area contributed by atoms with Crippen LogP contribution in [0.15, 0.2) is 24.3 Å². The van der Waals surface area contributed by atoms with Gasteiger partial charge in [-0.2, -0.15) is 0 Å². The monoisotopic (exact) mass is 309 g/mol. The van der Waals surface area contributed by atoms with Gasteiger partial charge in [-0.3, -0.25) is 14.5 Å². The zero-order valence-corrected chi connectivity index (χ0v) is 12.9. The number of hydrogen-bond acceptors (Lipinski definition) is 5. The van der Waals surface area contributed by atoms with Gasteiger partial charge >= 0.3 is 0 Å². The Hall–Kier alpha value is -1.60. The number of hydrogen-bond donors (Lipinski definition) is 1. The van der Waals surface area contributed by atoms with E-state index in [0.717, 1.165) is 5.69 Å². The lowest BCUT2D eigenvalue weighted by Crippen LogP contribution is -2.36. The summed E-state index contributed by atoms with van der Waals surface area (Å²) in [5.41, 5.74) is 1.75. The summed E-state index contributed by atoms with van der Waals surface area (Å²) in [6.45, 7) is -0.0277. The lowest BCUT2D eigenvalue weighted by molar-refractivity contribution is -0.127. The Balaban J connectivity index is 1.94. The van der Waals surface area contributed by atoms with Gasteiger partial charge in [-0.05, 0) is 24.3 Å². The maximum absolute atomic E-state index is 11.9. The van der Waals surface area contributed by atoms with Gasteiger partial charge < -0.3 is 10.2 Å². The summed E-state index contributed by atoms with van der Waals surface area (Å²) in [6.07, 6.45) is 0. The minimum Gasteiger partial charge on any atom is -0.378 e. The van der Waals surface area contributed by atoms with Crippen molar-refractivity contribution in [2.75, 3.05) is 36.6 Å². The number of thioether (sulfide) groups is 1. The predicted molar refractivity (Wildman–Crippen MR) is 86.2 cm³/mol. The van der Waals surface area contributed by atoms with Crippen LogP contribution in [0, 0.1) is 0 Å². The van der Waals surface area contributed by atoms with Gasteiger partial charge in [-0.1, -0.05) is 24.0 Å². The van der Waals surface area contributed by atoms with Gasteiger partial charge in [0, 0.05) is 25.5 Å². The van der Waals surface area contributed by atoms with Crippen LogP contribution in [0.3, 0.4) is 0 Å². The summed E-state index contributed by atoms with van der Waals surface area (Å²) in [5.74, 6) is -0.0391. The van der Waals surface area contributed by atoms with Gasteiger partial charge in [-0.15, -0.1) is 0 Å². The van der Waals surface area contributed by atoms with Crippen molar-refractivity contribution in [2.24, 2.45) is 0 Å². The van der Waals surface area contributed by atoms with Gasteiger partial charge in [-0.25, -0.2) is 0 Å². The number of rotatable bonds is 4. The minimum atomic E-state index is -0.249. The van der Waals surface area contributed by atoms with Gasteiger partial charge in [0.2, 0.25) is 11.8 Å². The molecular formula is C13H15N3O2S2. The maximum atomic E-state index is 11.9. The predicted octanol–water partition coefficient (Wildman–Crippen LogP) is 1.55. The zero-order chi connectivity index (χ0) is 14.7. The molecule has 20 heavy (non-hydrogen) atoms. The number of anilines is 2. The van der Waals surface area contributed by atoms with Gasteiger partial charge in [0.05, 0.1) is 5.75 Å². The van der Waals surface area contributed by atoms with Crippen molar-refractivity contribution in [3.8, 4) is 0 Å². The molecule has 0 saturated carbocycles. The van der Waals surface area contributed by atoms with Gasteiger partial charge in [0.25, 0.3) is 0 Å². The number of amides is 2. The zero-order valence-electron chi connectivity index (χ0n) is 11.3. The first-order valence-corrected chi connectivity index (χ1v) is 7.41. The molecule has 1 heterocycles. The third-order valence-electron chi connectivity index (χ3n) is 2.81. The van der Waals surface area contributed by atoms with E-state index in [2.05, 4.69) is 5.32 Å². The number of benzene rings is 1. The Morgan fingerprint density at radius 3 is 2.55 bits per heavy atom. The van der Waals surface area contributed by atoms with E-state index in [1.807, 2.05) is 43.3 Å². The van der Waals surface area contributed by atoms with Crippen molar-refractivity contribution in [1.82, 2.24) is 4.90 Å². The van der Waals surface area contributed by atoms with Gasteiger partial charge in [0.15, 0.2) is 0 Å². The molecule has 1 aromatic rings. The molecular weight excluding hydrogens is 294 g/mol. The van der Waals surface area contributed by atoms with E-state index < -0.39 is 0 Å². The highest BCUT2D eigenvalue weighted by Crippen LogP contribution is 2.19. The number of nitrogens with one attached hydrogen (secondary N) is 1. The SMILES string of the molecule is CN(C)c1ccc(NC(=O)CN2C(=O)CSC2=S)cc1. The van der Waals surface area contributed by atoms with Crippen LogP contribution in [0.4, 0.5) is 11.4 Å². The molecule has 1 aromatic carbocycles. The lowest BCUT2D eigenvalue weighted by Gasteiger charge is -2.15. The van der Waals surface area contributed by atoms with Crippen molar-refractivity contribution in [2.45, 2.75) is 0 Å². The fourth-order valence-electron chi connectivity index (χ4n) is 1.72. The first-order chi connectivity index (χ1) is 9.47. The van der Waals surface area contributed by atoms with Crippen LogP contribution in [0.5, 0.6) is 0 Å². The van der Waals surface area contributed by atoms with E-state index in [1.54, 1.807) is 0 Å². The molecule has 1 saturated heterocycles. The van der Waals surface area contributed by atoms with Crippen LogP contribution in [0.25, 0.3) is 0 Å². The standard InChI is InChI=1S/C13H15N3O2S2/c1-15(2)10-5-3-9(4-6-10)14-11(17)7-16-12(18)8-20-13(16)19/h3-6H,7-8H2,1-2H3,(H,14,17). The van der Waals surface area contributed by atoms with E-state index in [-0.39, 0.29) is 18.4 Å². The highest BCUT2D eigenvalue weighted by atomic mass is 32.2. The molecule has 5 nitrogen and oxygen atoms in total. The average molecular weight is 309 g/mol. The Kier molecular flexibility index (Phi) is 4.61. The molecule has 2 rings (SSSR count). The molecule has 0 unspecified atom stereocenters. The molecule has 2 amide bonds. The fraction of sp³-hybridized carbons (Fsp3) is 0.308. The molecule has 1 aliphatic rings. The second kappa shape index (κ2) is 6.23. The first-order valence-electron chi connectivity index (χ1n) is 6.02. The Morgan fingerprint density at radius 1 is 1.40 bits per heavy atom. The van der Waals surface area contributed by atoms with Crippen LogP contribution >= 0.6 is 24.0 Å². The van der Waals surface area contributed by atoms with Crippen molar-refractivity contribution in [3.05, 3.63) is 24.3 Å². The molecule has 1 N–H and O–H groups in total. The molecule has 0 aliphatic carbocycles. The van der Waals surface area contributed by atoms with E-state index in [9.17, 15) is 9.59 Å². The van der Waals surface area contributed by atoms with Crippen LogP contribution in [0.1, 0.15) is 0 Å². The third-order valence-corrected chi connectivity index (χ3v) is 4.24. The fourth-order valence-corrected chi connectivity index (χ4v) is 2.79. The Bertz CT molecular complexity index is 527. The molecule has 1 aliphatic heterocycles.